The van der Waals surface area contributed by atoms with Gasteiger partial charge in [-0.15, -0.1) is 0 Å². The fourth-order valence-electron chi connectivity index (χ4n) is 4.24. The van der Waals surface area contributed by atoms with Gasteiger partial charge in [-0.3, -0.25) is 0 Å². The third kappa shape index (κ3) is 2.56. The Morgan fingerprint density at radius 1 is 1.26 bits per heavy atom. The van der Waals surface area contributed by atoms with Crippen LogP contribution in [0.15, 0.2) is 18.3 Å². The van der Waals surface area contributed by atoms with Gasteiger partial charge in [-0.25, -0.2) is 15.0 Å². The molecule has 1 spiro atoms. The predicted octanol–water partition coefficient (Wildman–Crippen LogP) is 2.50. The van der Waals surface area contributed by atoms with Crippen molar-refractivity contribution in [2.75, 3.05) is 31.1 Å². The lowest BCUT2D eigenvalue weighted by Crippen LogP contribution is -2.54. The average molecular weight is 385 g/mol. The van der Waals surface area contributed by atoms with Crippen molar-refractivity contribution in [3.63, 3.8) is 0 Å². The van der Waals surface area contributed by atoms with Crippen molar-refractivity contribution in [3.8, 4) is 17.1 Å². The average Bonchev–Trinajstić information content (AvgIpc) is 3.17. The molecule has 2 aliphatic rings. The molecule has 0 unspecified atom stereocenters. The highest BCUT2D eigenvalue weighted by Gasteiger charge is 2.43. The van der Waals surface area contributed by atoms with Gasteiger partial charge in [0, 0.05) is 43.7 Å². The minimum Gasteiger partial charge on any atom is -0.507 e. The number of hydrogen-bond acceptors (Lipinski definition) is 6. The SMILES string of the molecule is Cc1cc(Cl)cc(O)c1-c1nc2nc(N3CCC4(CNC4)C3)cnc2n1C. The Morgan fingerprint density at radius 2 is 2.07 bits per heavy atom. The standard InChI is InChI=1S/C19H21ClN6O/c1-11-5-12(20)6-13(27)15(11)17-24-16-18(25(17)2)22-7-14(23-16)26-4-3-19(10-26)8-21-9-19/h5-7,21,27H,3-4,8-10H2,1-2H3. The summed E-state index contributed by atoms with van der Waals surface area (Å²) in [6.45, 7) is 6.09. The molecule has 0 bridgehead atoms. The number of phenolic OH excluding ortho intramolecular Hbond substituents is 1. The summed E-state index contributed by atoms with van der Waals surface area (Å²) in [5.41, 5.74) is 3.20. The number of rotatable bonds is 2. The summed E-state index contributed by atoms with van der Waals surface area (Å²) in [5, 5.41) is 14.3. The quantitative estimate of drug-likeness (QED) is 0.706. The van der Waals surface area contributed by atoms with E-state index in [-0.39, 0.29) is 5.75 Å². The van der Waals surface area contributed by atoms with Crippen LogP contribution in [0.3, 0.4) is 0 Å². The van der Waals surface area contributed by atoms with Crippen LogP contribution in [0.4, 0.5) is 5.82 Å². The maximum Gasteiger partial charge on any atom is 0.200 e. The maximum atomic E-state index is 10.4. The fourth-order valence-corrected chi connectivity index (χ4v) is 4.51. The Labute approximate surface area is 162 Å². The summed E-state index contributed by atoms with van der Waals surface area (Å²) < 4.78 is 1.86. The number of nitrogens with one attached hydrogen (secondary N) is 1. The van der Waals surface area contributed by atoms with Gasteiger partial charge in [-0.1, -0.05) is 11.6 Å². The monoisotopic (exact) mass is 384 g/mol. The van der Waals surface area contributed by atoms with Gasteiger partial charge in [0.15, 0.2) is 11.3 Å². The first-order valence-electron chi connectivity index (χ1n) is 9.10. The van der Waals surface area contributed by atoms with Gasteiger partial charge in [0.2, 0.25) is 0 Å². The highest BCUT2D eigenvalue weighted by Crippen LogP contribution is 2.37. The molecule has 0 saturated carbocycles. The summed E-state index contributed by atoms with van der Waals surface area (Å²) in [6, 6.07) is 3.35. The second kappa shape index (κ2) is 5.81. The molecule has 1 aromatic carbocycles. The van der Waals surface area contributed by atoms with Crippen molar-refractivity contribution in [1.29, 1.82) is 0 Å². The Balaban J connectivity index is 1.56. The van der Waals surface area contributed by atoms with Gasteiger partial charge in [-0.05, 0) is 31.0 Å². The number of aromatic hydroxyl groups is 1. The lowest BCUT2D eigenvalue weighted by atomic mass is 9.81. The summed E-state index contributed by atoms with van der Waals surface area (Å²) in [6.07, 6.45) is 3.01. The predicted molar refractivity (Wildman–Crippen MR) is 105 cm³/mol. The van der Waals surface area contributed by atoms with Crippen molar-refractivity contribution in [3.05, 3.63) is 28.9 Å². The van der Waals surface area contributed by atoms with E-state index < -0.39 is 0 Å². The van der Waals surface area contributed by atoms with Crippen molar-refractivity contribution >= 4 is 28.7 Å². The molecule has 2 aromatic heterocycles. The summed E-state index contributed by atoms with van der Waals surface area (Å²) >= 11 is 6.04. The molecule has 27 heavy (non-hydrogen) atoms. The lowest BCUT2D eigenvalue weighted by Gasteiger charge is -2.39. The number of anilines is 1. The van der Waals surface area contributed by atoms with E-state index in [1.54, 1.807) is 0 Å². The number of imidazole rings is 1. The minimum absolute atomic E-state index is 0.109. The fraction of sp³-hybridized carbons (Fsp3) is 0.421. The highest BCUT2D eigenvalue weighted by atomic mass is 35.5. The Hall–Kier alpha value is -2.38. The summed E-state index contributed by atoms with van der Waals surface area (Å²) in [7, 11) is 1.89. The van der Waals surface area contributed by atoms with Gasteiger partial charge < -0.3 is 19.9 Å². The first-order valence-corrected chi connectivity index (χ1v) is 9.48. The number of benzene rings is 1. The molecule has 140 valence electrons. The van der Waals surface area contributed by atoms with Crippen LogP contribution in [-0.2, 0) is 7.05 Å². The van der Waals surface area contributed by atoms with Gasteiger partial charge in [0.1, 0.15) is 17.4 Å². The zero-order valence-corrected chi connectivity index (χ0v) is 16.1. The third-order valence-electron chi connectivity index (χ3n) is 5.84. The zero-order chi connectivity index (χ0) is 18.8. The molecule has 2 aliphatic heterocycles. The number of phenols is 1. The first-order chi connectivity index (χ1) is 13.0. The van der Waals surface area contributed by atoms with E-state index in [1.807, 2.05) is 30.8 Å². The van der Waals surface area contributed by atoms with Crippen LogP contribution in [0.5, 0.6) is 5.75 Å². The normalized spacial score (nSPS) is 18.4. The van der Waals surface area contributed by atoms with E-state index >= 15 is 0 Å². The smallest absolute Gasteiger partial charge is 0.200 e. The molecule has 0 amide bonds. The molecule has 0 aliphatic carbocycles. The van der Waals surface area contributed by atoms with Crippen molar-refractivity contribution in [2.24, 2.45) is 12.5 Å². The van der Waals surface area contributed by atoms with Gasteiger partial charge in [0.05, 0.1) is 11.8 Å². The van der Waals surface area contributed by atoms with Crippen LogP contribution in [-0.4, -0.2) is 50.8 Å². The zero-order valence-electron chi connectivity index (χ0n) is 15.3. The van der Waals surface area contributed by atoms with E-state index in [0.717, 1.165) is 37.6 Å². The van der Waals surface area contributed by atoms with E-state index in [2.05, 4.69) is 20.2 Å². The van der Waals surface area contributed by atoms with Crippen LogP contribution in [0.2, 0.25) is 5.02 Å². The van der Waals surface area contributed by atoms with E-state index in [1.165, 1.54) is 12.5 Å². The molecule has 2 N–H and O–H groups in total. The van der Waals surface area contributed by atoms with Crippen molar-refractivity contribution in [2.45, 2.75) is 13.3 Å². The largest absolute Gasteiger partial charge is 0.507 e. The van der Waals surface area contributed by atoms with Crippen LogP contribution in [0.1, 0.15) is 12.0 Å². The van der Waals surface area contributed by atoms with Crippen LogP contribution >= 0.6 is 11.6 Å². The van der Waals surface area contributed by atoms with E-state index in [9.17, 15) is 5.11 Å². The second-order valence-corrected chi connectivity index (χ2v) is 8.20. The Kier molecular flexibility index (Phi) is 3.61. The van der Waals surface area contributed by atoms with Crippen molar-refractivity contribution in [1.82, 2.24) is 24.8 Å². The molecular weight excluding hydrogens is 364 g/mol. The highest BCUT2D eigenvalue weighted by molar-refractivity contribution is 6.31. The number of hydrogen-bond donors (Lipinski definition) is 2. The molecule has 0 atom stereocenters. The lowest BCUT2D eigenvalue weighted by molar-refractivity contribution is 0.199. The van der Waals surface area contributed by atoms with Crippen LogP contribution < -0.4 is 10.2 Å². The Bertz CT molecular complexity index is 1030. The molecule has 7 nitrogen and oxygen atoms in total. The molecule has 5 rings (SSSR count). The number of aromatic nitrogens is 4. The number of fused-ring (bicyclic) bond motifs is 1. The van der Waals surface area contributed by atoms with E-state index in [0.29, 0.717) is 33.1 Å². The molecule has 2 saturated heterocycles. The topological polar surface area (TPSA) is 79.1 Å². The third-order valence-corrected chi connectivity index (χ3v) is 6.05. The van der Waals surface area contributed by atoms with Gasteiger partial charge in [-0.2, -0.15) is 0 Å². The molecule has 4 heterocycles. The van der Waals surface area contributed by atoms with E-state index in [4.69, 9.17) is 16.6 Å². The molecule has 8 heteroatoms. The van der Waals surface area contributed by atoms with Crippen LogP contribution in [0.25, 0.3) is 22.7 Å². The summed E-state index contributed by atoms with van der Waals surface area (Å²) in [4.78, 5) is 16.4. The van der Waals surface area contributed by atoms with Gasteiger partial charge in [0.25, 0.3) is 0 Å². The molecular formula is C19H21ClN6O. The molecule has 3 aromatic rings. The number of halogens is 1. The van der Waals surface area contributed by atoms with Gasteiger partial charge >= 0.3 is 0 Å². The first kappa shape index (κ1) is 16.8. The summed E-state index contributed by atoms with van der Waals surface area (Å²) in [5.74, 6) is 1.61. The van der Waals surface area contributed by atoms with Crippen molar-refractivity contribution < 1.29 is 5.11 Å². The maximum absolute atomic E-state index is 10.4. The molecule has 0 radical (unpaired) electrons. The molecule has 2 fully saturated rings. The minimum atomic E-state index is 0.109. The number of nitrogens with zero attached hydrogens (tertiary/aromatic N) is 5. The van der Waals surface area contributed by atoms with Crippen LogP contribution in [0, 0.1) is 12.3 Å². The Morgan fingerprint density at radius 3 is 2.74 bits per heavy atom. The second-order valence-electron chi connectivity index (χ2n) is 7.76. The number of aryl methyl sites for hydroxylation is 2.